The minimum Gasteiger partial charge on any atom is -0.497 e. The first-order valence-electron chi connectivity index (χ1n) is 13.3. The molecule has 3 heterocycles. The summed E-state index contributed by atoms with van der Waals surface area (Å²) in [4.78, 5) is 62.2. The highest BCUT2D eigenvalue weighted by Crippen LogP contribution is 2.26. The van der Waals surface area contributed by atoms with Crippen LogP contribution in [0.3, 0.4) is 0 Å². The van der Waals surface area contributed by atoms with Gasteiger partial charge in [-0.2, -0.15) is 0 Å². The smallest absolute Gasteiger partial charge is 0.497 e. The van der Waals surface area contributed by atoms with E-state index in [-0.39, 0.29) is 18.0 Å². The Bertz CT molecular complexity index is 1140. The number of amides is 2. The van der Waals surface area contributed by atoms with E-state index in [0.717, 1.165) is 5.56 Å². The lowest BCUT2D eigenvalue weighted by atomic mass is 9.72. The van der Waals surface area contributed by atoms with Crippen molar-refractivity contribution in [3.8, 4) is 0 Å². The second kappa shape index (κ2) is 12.8. The summed E-state index contributed by atoms with van der Waals surface area (Å²) in [5, 5.41) is 5.65. The molecule has 2 aliphatic rings. The van der Waals surface area contributed by atoms with Crippen LogP contribution in [0, 0.1) is 5.92 Å². The number of rotatable bonds is 9. The molecule has 0 aliphatic carbocycles. The van der Waals surface area contributed by atoms with Crippen LogP contribution in [-0.2, 0) is 30.1 Å². The number of aromatic nitrogens is 2. The van der Waals surface area contributed by atoms with Crippen molar-refractivity contribution in [1.82, 2.24) is 25.5 Å². The van der Waals surface area contributed by atoms with Gasteiger partial charge in [0.05, 0.1) is 12.1 Å². The maximum atomic E-state index is 13.7. The molecule has 2 aromatic rings. The van der Waals surface area contributed by atoms with Crippen molar-refractivity contribution in [2.24, 2.45) is 5.92 Å². The van der Waals surface area contributed by atoms with E-state index < -0.39 is 54.9 Å². The molecule has 2 fully saturated rings. The SMILES string of the molecule is CC(C)CC(NC(=O)C(Cc1ccccc1)NC(=O)c1cnccn1)B1OC(=O)[C@@H]2CCC[C@@H](C(=O)O1)N2C. The molecule has 2 unspecified atom stereocenters. The molecule has 2 N–H and O–H groups in total. The van der Waals surface area contributed by atoms with Crippen LogP contribution in [0.1, 0.15) is 55.6 Å². The van der Waals surface area contributed by atoms with Crippen LogP contribution in [0.25, 0.3) is 0 Å². The first kappa shape index (κ1) is 28.2. The van der Waals surface area contributed by atoms with Gasteiger partial charge in [0.15, 0.2) is 0 Å². The molecular weight excluding hydrogens is 501 g/mol. The van der Waals surface area contributed by atoms with Gasteiger partial charge in [-0.15, -0.1) is 0 Å². The molecule has 1 aromatic carbocycles. The number of fused-ring (bicyclic) bond motifs is 2. The normalized spacial score (nSPS) is 21.2. The Hall–Kier alpha value is -3.80. The number of nitrogens with one attached hydrogen (secondary N) is 2. The van der Waals surface area contributed by atoms with Gasteiger partial charge in [-0.05, 0) is 44.2 Å². The Morgan fingerprint density at radius 3 is 2.31 bits per heavy atom. The predicted molar refractivity (Wildman–Crippen MR) is 142 cm³/mol. The van der Waals surface area contributed by atoms with Gasteiger partial charge in [0, 0.05) is 18.8 Å². The fraction of sp³-hybridized carbons (Fsp3) is 0.481. The maximum Gasteiger partial charge on any atom is 0.622 e. The molecule has 206 valence electrons. The van der Waals surface area contributed by atoms with Crippen molar-refractivity contribution in [2.45, 2.75) is 70.0 Å². The van der Waals surface area contributed by atoms with Crippen LogP contribution in [0.15, 0.2) is 48.9 Å². The van der Waals surface area contributed by atoms with Gasteiger partial charge in [0.25, 0.3) is 5.91 Å². The molecule has 0 spiro atoms. The monoisotopic (exact) mass is 535 g/mol. The number of carbonyl (C=O) groups is 4. The molecule has 2 bridgehead atoms. The topological polar surface area (TPSA) is 140 Å². The molecule has 4 rings (SSSR count). The standard InChI is InChI=1S/C27H34BN5O6/c1-17(2)14-23(28-38-26(36)21-10-7-11-22(33(21)3)27(37)39-28)32-24(34)19(15-18-8-5-4-6-9-18)31-25(35)20-16-29-12-13-30-20/h4-6,8-9,12-13,16-17,19,21-23H,7,10-11,14-15H2,1-3H3,(H,31,35)(H,32,34)/t19?,21-,22-,23?/m0/s1. The van der Waals surface area contributed by atoms with Crippen LogP contribution in [0.2, 0.25) is 0 Å². The van der Waals surface area contributed by atoms with E-state index in [1.54, 1.807) is 11.9 Å². The van der Waals surface area contributed by atoms with Crippen molar-refractivity contribution < 1.29 is 28.5 Å². The molecule has 39 heavy (non-hydrogen) atoms. The molecule has 1 aromatic heterocycles. The second-order valence-corrected chi connectivity index (χ2v) is 10.4. The third-order valence-electron chi connectivity index (χ3n) is 7.03. The van der Waals surface area contributed by atoms with Gasteiger partial charge in [-0.1, -0.05) is 44.2 Å². The van der Waals surface area contributed by atoms with Crippen molar-refractivity contribution in [3.63, 3.8) is 0 Å². The minimum absolute atomic E-state index is 0.0700. The third kappa shape index (κ3) is 7.20. The molecule has 2 saturated heterocycles. The quantitative estimate of drug-likeness (QED) is 0.455. The fourth-order valence-electron chi connectivity index (χ4n) is 5.01. The van der Waals surface area contributed by atoms with Crippen LogP contribution in [-0.4, -0.2) is 76.9 Å². The van der Waals surface area contributed by atoms with Gasteiger partial charge in [0.1, 0.15) is 23.8 Å². The Labute approximate surface area is 228 Å². The summed E-state index contributed by atoms with van der Waals surface area (Å²) in [6.07, 6.45) is 6.61. The summed E-state index contributed by atoms with van der Waals surface area (Å²) in [7, 11) is 0.430. The van der Waals surface area contributed by atoms with E-state index >= 15 is 0 Å². The predicted octanol–water partition coefficient (Wildman–Crippen LogP) is 1.33. The third-order valence-corrected chi connectivity index (χ3v) is 7.03. The summed E-state index contributed by atoms with van der Waals surface area (Å²) < 4.78 is 11.4. The maximum absolute atomic E-state index is 13.7. The van der Waals surface area contributed by atoms with Crippen molar-refractivity contribution in [3.05, 3.63) is 60.2 Å². The van der Waals surface area contributed by atoms with Crippen LogP contribution in [0.4, 0.5) is 0 Å². The van der Waals surface area contributed by atoms with E-state index in [4.69, 9.17) is 9.31 Å². The second-order valence-electron chi connectivity index (χ2n) is 10.4. The largest absolute Gasteiger partial charge is 0.622 e. The highest BCUT2D eigenvalue weighted by Gasteiger charge is 2.48. The highest BCUT2D eigenvalue weighted by molar-refractivity contribution is 6.51. The summed E-state index contributed by atoms with van der Waals surface area (Å²) in [6.45, 7) is 3.90. The molecule has 11 nitrogen and oxygen atoms in total. The number of hydrogen-bond donors (Lipinski definition) is 2. The van der Waals surface area contributed by atoms with Gasteiger partial charge >= 0.3 is 19.1 Å². The number of carbonyl (C=O) groups excluding carboxylic acids is 4. The summed E-state index contributed by atoms with van der Waals surface area (Å²) >= 11 is 0. The Morgan fingerprint density at radius 2 is 1.72 bits per heavy atom. The Balaban J connectivity index is 1.56. The average molecular weight is 535 g/mol. The first-order chi connectivity index (χ1) is 18.7. The average Bonchev–Trinajstić information content (AvgIpc) is 2.92. The zero-order valence-corrected chi connectivity index (χ0v) is 22.4. The lowest BCUT2D eigenvalue weighted by molar-refractivity contribution is -0.157. The molecule has 2 aliphatic heterocycles. The Morgan fingerprint density at radius 1 is 1.05 bits per heavy atom. The van der Waals surface area contributed by atoms with E-state index in [2.05, 4.69) is 20.6 Å². The van der Waals surface area contributed by atoms with E-state index in [1.165, 1.54) is 18.6 Å². The summed E-state index contributed by atoms with van der Waals surface area (Å²) in [5.74, 6) is -2.78. The van der Waals surface area contributed by atoms with Crippen LogP contribution < -0.4 is 10.6 Å². The molecule has 12 heteroatoms. The molecule has 2 amide bonds. The van der Waals surface area contributed by atoms with E-state index in [1.807, 2.05) is 44.2 Å². The Kier molecular flexibility index (Phi) is 9.29. The molecular formula is C27H34BN5O6. The first-order valence-corrected chi connectivity index (χ1v) is 13.3. The zero-order valence-electron chi connectivity index (χ0n) is 22.4. The summed E-state index contributed by atoms with van der Waals surface area (Å²) in [5.41, 5.74) is 0.901. The number of benzene rings is 1. The number of nitrogens with zero attached hydrogens (tertiary/aromatic N) is 3. The van der Waals surface area contributed by atoms with Gasteiger partial charge < -0.3 is 19.9 Å². The van der Waals surface area contributed by atoms with Gasteiger partial charge in [-0.25, -0.2) is 4.98 Å². The van der Waals surface area contributed by atoms with E-state index in [9.17, 15) is 19.2 Å². The van der Waals surface area contributed by atoms with Gasteiger partial charge in [0.2, 0.25) is 5.91 Å². The number of piperidine rings is 1. The summed E-state index contributed by atoms with van der Waals surface area (Å²) in [6, 6.07) is 7.18. The lowest BCUT2D eigenvalue weighted by Gasteiger charge is -2.40. The number of likely N-dealkylation sites (N-methyl/N-ethyl adjacent to an activating group) is 1. The van der Waals surface area contributed by atoms with E-state index in [0.29, 0.717) is 25.7 Å². The molecule has 0 radical (unpaired) electrons. The zero-order chi connectivity index (χ0) is 27.9. The molecule has 4 atom stereocenters. The van der Waals surface area contributed by atoms with Crippen molar-refractivity contribution >= 4 is 30.9 Å². The minimum atomic E-state index is -1.29. The van der Waals surface area contributed by atoms with Crippen LogP contribution in [0.5, 0.6) is 0 Å². The fourth-order valence-corrected chi connectivity index (χ4v) is 5.01. The highest BCUT2D eigenvalue weighted by atomic mass is 16.6. The van der Waals surface area contributed by atoms with Crippen molar-refractivity contribution in [1.29, 1.82) is 0 Å². The van der Waals surface area contributed by atoms with Crippen LogP contribution >= 0.6 is 0 Å². The molecule has 0 saturated carbocycles. The van der Waals surface area contributed by atoms with Crippen molar-refractivity contribution in [2.75, 3.05) is 7.05 Å². The number of hydrogen-bond acceptors (Lipinski definition) is 9. The van der Waals surface area contributed by atoms with Gasteiger partial charge in [-0.3, -0.25) is 29.1 Å². The lowest BCUT2D eigenvalue weighted by Crippen LogP contribution is -2.62.